The van der Waals surface area contributed by atoms with E-state index in [9.17, 15) is 18.0 Å². The lowest BCUT2D eigenvalue weighted by Gasteiger charge is -2.13. The van der Waals surface area contributed by atoms with Crippen LogP contribution in [0.1, 0.15) is 11.3 Å². The Kier molecular flexibility index (Phi) is 4.53. The fraction of sp³-hybridized carbons (Fsp3) is 0.125. The maximum Gasteiger partial charge on any atom is 0.433 e. The Morgan fingerprint density at radius 1 is 1.00 bits per heavy atom. The molecule has 0 radical (unpaired) electrons. The zero-order chi connectivity index (χ0) is 22.5. The second-order valence-corrected chi connectivity index (χ2v) is 7.34. The molecule has 32 heavy (non-hydrogen) atoms. The predicted molar refractivity (Wildman–Crippen MR) is 114 cm³/mol. The summed E-state index contributed by atoms with van der Waals surface area (Å²) >= 11 is 0. The number of hydrogen-bond acceptors (Lipinski definition) is 3. The van der Waals surface area contributed by atoms with Crippen molar-refractivity contribution in [1.82, 2.24) is 14.3 Å². The summed E-state index contributed by atoms with van der Waals surface area (Å²) in [6, 6.07) is 16.9. The van der Waals surface area contributed by atoms with Gasteiger partial charge in [0, 0.05) is 22.7 Å². The molecule has 160 valence electrons. The van der Waals surface area contributed by atoms with Gasteiger partial charge in [-0.3, -0.25) is 0 Å². The van der Waals surface area contributed by atoms with E-state index in [0.717, 1.165) is 33.8 Å². The summed E-state index contributed by atoms with van der Waals surface area (Å²) in [6.45, 7) is 0.396. The third-order valence-electron chi connectivity index (χ3n) is 5.57. The maximum atomic E-state index is 13.5. The Balaban J connectivity index is 1.75. The molecule has 0 bridgehead atoms. The van der Waals surface area contributed by atoms with Gasteiger partial charge in [-0.15, -0.1) is 0 Å². The topological polar surface area (TPSA) is 49.0 Å². The molecule has 0 N–H and O–H groups in total. The van der Waals surface area contributed by atoms with Crippen LogP contribution in [0.5, 0.6) is 5.75 Å². The minimum atomic E-state index is -4.55. The maximum absolute atomic E-state index is 13.5. The largest absolute Gasteiger partial charge is 0.497 e. The average molecular weight is 435 g/mol. The van der Waals surface area contributed by atoms with Gasteiger partial charge in [-0.2, -0.15) is 18.3 Å². The smallest absolute Gasteiger partial charge is 0.433 e. The molecule has 3 aromatic carbocycles. The molecule has 0 aliphatic carbocycles. The minimum Gasteiger partial charge on any atom is -0.497 e. The molecule has 8 heteroatoms. The lowest BCUT2D eigenvalue weighted by atomic mass is 10.1. The van der Waals surface area contributed by atoms with E-state index in [-0.39, 0.29) is 0 Å². The van der Waals surface area contributed by atoms with Crippen molar-refractivity contribution in [2.75, 3.05) is 7.11 Å². The van der Waals surface area contributed by atoms with Gasteiger partial charge in [-0.1, -0.05) is 30.3 Å². The summed E-state index contributed by atoms with van der Waals surface area (Å²) in [5.41, 5.74) is 1.10. The number of halogens is 3. The van der Waals surface area contributed by atoms with Crippen LogP contribution in [0.25, 0.3) is 27.4 Å². The Bertz CT molecular complexity index is 1530. The number of hydrogen-bond donors (Lipinski definition) is 0. The molecule has 5 aromatic rings. The van der Waals surface area contributed by atoms with E-state index in [1.54, 1.807) is 37.4 Å². The lowest BCUT2D eigenvalue weighted by Crippen LogP contribution is -2.18. The van der Waals surface area contributed by atoms with Crippen LogP contribution in [0.4, 0.5) is 13.2 Å². The molecule has 0 aliphatic heterocycles. The molecule has 5 nitrogen and oxygen atoms in total. The highest BCUT2D eigenvalue weighted by Gasteiger charge is 2.35. The van der Waals surface area contributed by atoms with Crippen LogP contribution < -0.4 is 10.1 Å². The molecule has 0 unspecified atom stereocenters. The van der Waals surface area contributed by atoms with E-state index in [2.05, 4.69) is 5.10 Å². The standard InChI is InChI=1S/C24H16F3N3O2/c1-32-16-7-5-15(6-8-16)13-29-20-10-9-19(30-22(11-12-28-30)24(25,26)27)17-3-2-4-18(23(17)20)21(29)14-31/h2-12H,13H2,1H3. The number of alkyl halides is 3. The lowest BCUT2D eigenvalue weighted by molar-refractivity contribution is -0.142. The van der Waals surface area contributed by atoms with Gasteiger partial charge in [0.05, 0.1) is 24.5 Å². The van der Waals surface area contributed by atoms with Crippen molar-refractivity contribution < 1.29 is 22.7 Å². The van der Waals surface area contributed by atoms with E-state index < -0.39 is 11.9 Å². The first kappa shape index (κ1) is 19.9. The Morgan fingerprint density at radius 3 is 2.44 bits per heavy atom. The van der Waals surface area contributed by atoms with Crippen LogP contribution >= 0.6 is 0 Å². The molecule has 0 amide bonds. The first-order valence-corrected chi connectivity index (χ1v) is 9.75. The molecule has 0 atom stereocenters. The van der Waals surface area contributed by atoms with Crippen molar-refractivity contribution in [3.8, 4) is 11.4 Å². The van der Waals surface area contributed by atoms with Gasteiger partial charge in [0.25, 0.3) is 0 Å². The van der Waals surface area contributed by atoms with Gasteiger partial charge < -0.3 is 9.30 Å². The van der Waals surface area contributed by atoms with Gasteiger partial charge in [0.2, 0.25) is 0 Å². The SMILES string of the molecule is COc1ccc(Cn2c(=C=O)c3cccc4c(-n5nccc5C(F)(F)F)ccc2c43)cc1. The van der Waals surface area contributed by atoms with Gasteiger partial charge >= 0.3 is 6.18 Å². The van der Waals surface area contributed by atoms with Crippen LogP contribution in [0, 0.1) is 0 Å². The first-order valence-electron chi connectivity index (χ1n) is 9.75. The monoisotopic (exact) mass is 435 g/mol. The number of nitrogens with zero attached hydrogens (tertiary/aromatic N) is 3. The number of rotatable bonds is 4. The second kappa shape index (κ2) is 7.28. The molecule has 0 saturated heterocycles. The fourth-order valence-corrected chi connectivity index (χ4v) is 4.14. The zero-order valence-corrected chi connectivity index (χ0v) is 16.8. The molecular weight excluding hydrogens is 419 g/mol. The van der Waals surface area contributed by atoms with Crippen molar-refractivity contribution in [3.05, 3.63) is 83.5 Å². The Morgan fingerprint density at radius 2 is 1.75 bits per heavy atom. The molecule has 5 rings (SSSR count). The molecular formula is C24H16F3N3O2. The highest BCUT2D eigenvalue weighted by molar-refractivity contribution is 6.13. The Labute approximate surface area is 179 Å². The summed E-state index contributed by atoms with van der Waals surface area (Å²) in [5.74, 6) is 2.74. The molecule has 0 fully saturated rings. The normalized spacial score (nSPS) is 11.9. The van der Waals surface area contributed by atoms with Gasteiger partial charge in [0.15, 0.2) is 5.94 Å². The molecule has 2 aromatic heterocycles. The number of benzene rings is 3. The van der Waals surface area contributed by atoms with Gasteiger partial charge in [-0.25, -0.2) is 9.48 Å². The third kappa shape index (κ3) is 3.04. The molecule has 2 heterocycles. The summed E-state index contributed by atoms with van der Waals surface area (Å²) in [6.07, 6.45) is -3.42. The highest BCUT2D eigenvalue weighted by Crippen LogP contribution is 2.35. The number of carbonyl (C=O) groups excluding carboxylic acids is 1. The van der Waals surface area contributed by atoms with Crippen LogP contribution in [0.2, 0.25) is 0 Å². The van der Waals surface area contributed by atoms with Crippen molar-refractivity contribution in [2.45, 2.75) is 12.7 Å². The van der Waals surface area contributed by atoms with E-state index >= 15 is 0 Å². The first-order chi connectivity index (χ1) is 15.4. The van der Waals surface area contributed by atoms with Crippen LogP contribution in [-0.4, -0.2) is 27.4 Å². The predicted octanol–water partition coefficient (Wildman–Crippen LogP) is 4.28. The number of ether oxygens (including phenoxy) is 1. The molecule has 0 spiro atoms. The molecule has 0 saturated carbocycles. The van der Waals surface area contributed by atoms with E-state index in [0.29, 0.717) is 33.7 Å². The average Bonchev–Trinajstić information content (AvgIpc) is 3.39. The molecule has 0 aliphatic rings. The second-order valence-electron chi connectivity index (χ2n) is 7.34. The van der Waals surface area contributed by atoms with Crippen molar-refractivity contribution in [1.29, 1.82) is 0 Å². The van der Waals surface area contributed by atoms with E-state index in [4.69, 9.17) is 4.74 Å². The zero-order valence-electron chi connectivity index (χ0n) is 16.8. The Hall–Kier alpha value is -4.03. The number of aromatic nitrogens is 3. The van der Waals surface area contributed by atoms with Crippen LogP contribution in [-0.2, 0) is 17.5 Å². The van der Waals surface area contributed by atoms with Gasteiger partial charge in [-0.05, 0) is 35.9 Å². The fourth-order valence-electron chi connectivity index (χ4n) is 4.14. The highest BCUT2D eigenvalue weighted by atomic mass is 19.4. The van der Waals surface area contributed by atoms with E-state index in [1.165, 1.54) is 0 Å². The van der Waals surface area contributed by atoms with Gasteiger partial charge in [0.1, 0.15) is 16.8 Å². The van der Waals surface area contributed by atoms with Crippen LogP contribution in [0.3, 0.4) is 0 Å². The third-order valence-corrected chi connectivity index (χ3v) is 5.57. The minimum absolute atomic E-state index is 0.291. The summed E-state index contributed by atoms with van der Waals surface area (Å²) < 4.78 is 48.3. The summed E-state index contributed by atoms with van der Waals surface area (Å²) in [4.78, 5) is 11.9. The van der Waals surface area contributed by atoms with Crippen molar-refractivity contribution in [2.24, 2.45) is 0 Å². The van der Waals surface area contributed by atoms with Crippen molar-refractivity contribution in [3.63, 3.8) is 0 Å². The number of methoxy groups -OCH3 is 1. The summed E-state index contributed by atoms with van der Waals surface area (Å²) in [5, 5.41) is 6.15. The summed E-state index contributed by atoms with van der Waals surface area (Å²) in [7, 11) is 1.58. The van der Waals surface area contributed by atoms with Crippen LogP contribution in [0.15, 0.2) is 66.9 Å². The quantitative estimate of drug-likeness (QED) is 0.424. The van der Waals surface area contributed by atoms with E-state index in [1.807, 2.05) is 34.8 Å². The van der Waals surface area contributed by atoms with Crippen molar-refractivity contribution >= 4 is 27.6 Å².